The van der Waals surface area contributed by atoms with E-state index in [2.05, 4.69) is 5.32 Å². The highest BCUT2D eigenvalue weighted by molar-refractivity contribution is 7.89. The highest BCUT2D eigenvalue weighted by atomic mass is 32.2. The number of nitrogens with one attached hydrogen (secondary N) is 1. The summed E-state index contributed by atoms with van der Waals surface area (Å²) < 4.78 is 32.9. The van der Waals surface area contributed by atoms with Crippen molar-refractivity contribution in [3.8, 4) is 5.75 Å². The number of carbonyl (C=O) groups excluding carboxylic acids is 1. The largest absolute Gasteiger partial charge is 0.497 e. The maximum Gasteiger partial charge on any atom is 0.246 e. The van der Waals surface area contributed by atoms with Crippen LogP contribution in [0.1, 0.15) is 17.2 Å². The predicted octanol–water partition coefficient (Wildman–Crippen LogP) is 3.69. The van der Waals surface area contributed by atoms with Crippen molar-refractivity contribution in [3.63, 3.8) is 0 Å². The number of methoxy groups -OCH3 is 1. The van der Waals surface area contributed by atoms with E-state index in [1.807, 2.05) is 42.2 Å². The Kier molecular flexibility index (Phi) is 7.31. The zero-order valence-corrected chi connectivity index (χ0v) is 20.2. The number of rotatable bonds is 7. The number of piperazine rings is 1. The summed E-state index contributed by atoms with van der Waals surface area (Å²) in [4.78, 5) is 15.7. The van der Waals surface area contributed by atoms with Gasteiger partial charge < -0.3 is 10.1 Å². The molecule has 1 aliphatic rings. The summed E-state index contributed by atoms with van der Waals surface area (Å²) in [6, 6.07) is 23.1. The van der Waals surface area contributed by atoms with E-state index in [1.165, 1.54) is 4.31 Å². The lowest BCUT2D eigenvalue weighted by Crippen LogP contribution is -2.51. The number of sulfonamides is 1. The van der Waals surface area contributed by atoms with E-state index in [1.54, 1.807) is 55.6 Å². The molecular weight excluding hydrogens is 450 g/mol. The second-order valence-corrected chi connectivity index (χ2v) is 10.2. The van der Waals surface area contributed by atoms with Gasteiger partial charge in [0.25, 0.3) is 0 Å². The highest BCUT2D eigenvalue weighted by Crippen LogP contribution is 2.27. The number of carbonyl (C=O) groups is 1. The molecule has 1 N–H and O–H groups in total. The first kappa shape index (κ1) is 23.9. The summed E-state index contributed by atoms with van der Waals surface area (Å²) in [5.41, 5.74) is 2.55. The van der Waals surface area contributed by atoms with Crippen molar-refractivity contribution in [3.05, 3.63) is 90.0 Å². The fraction of sp³-hybridized carbons (Fsp3) is 0.269. The van der Waals surface area contributed by atoms with Gasteiger partial charge in [0, 0.05) is 31.9 Å². The summed E-state index contributed by atoms with van der Waals surface area (Å²) in [5, 5.41) is 2.99. The standard InChI is InChI=1S/C26H29N3O4S/c1-20-8-14-24(15-9-20)34(31,32)29-18-16-28(17-19-29)25(21-6-4-3-5-7-21)26(30)27-22-10-12-23(33-2)13-11-22/h3-15,25H,16-19H2,1-2H3,(H,27,30). The Morgan fingerprint density at radius 2 is 1.50 bits per heavy atom. The van der Waals surface area contributed by atoms with Gasteiger partial charge in [-0.25, -0.2) is 8.42 Å². The zero-order chi connectivity index (χ0) is 24.1. The van der Waals surface area contributed by atoms with Gasteiger partial charge in [-0.1, -0.05) is 48.0 Å². The van der Waals surface area contributed by atoms with Gasteiger partial charge in [-0.2, -0.15) is 4.31 Å². The van der Waals surface area contributed by atoms with Gasteiger partial charge in [0.2, 0.25) is 15.9 Å². The maximum absolute atomic E-state index is 13.4. The third-order valence-corrected chi connectivity index (χ3v) is 7.93. The number of benzene rings is 3. The van der Waals surface area contributed by atoms with Gasteiger partial charge in [-0.05, 0) is 48.9 Å². The third-order valence-electron chi connectivity index (χ3n) is 6.02. The van der Waals surface area contributed by atoms with E-state index in [4.69, 9.17) is 4.74 Å². The predicted molar refractivity (Wildman–Crippen MR) is 132 cm³/mol. The SMILES string of the molecule is COc1ccc(NC(=O)C(c2ccccc2)N2CCN(S(=O)(=O)c3ccc(C)cc3)CC2)cc1. The molecule has 3 aromatic rings. The normalized spacial score (nSPS) is 16.1. The van der Waals surface area contributed by atoms with Crippen LogP contribution >= 0.6 is 0 Å². The first-order valence-corrected chi connectivity index (χ1v) is 12.6. The van der Waals surface area contributed by atoms with Crippen molar-refractivity contribution in [2.75, 3.05) is 38.6 Å². The number of nitrogens with zero attached hydrogens (tertiary/aromatic N) is 2. The third kappa shape index (κ3) is 5.30. The van der Waals surface area contributed by atoms with Crippen LogP contribution in [0.4, 0.5) is 5.69 Å². The molecule has 0 bridgehead atoms. The molecule has 0 aromatic heterocycles. The lowest BCUT2D eigenvalue weighted by molar-refractivity contribution is -0.122. The van der Waals surface area contributed by atoms with Crippen LogP contribution in [-0.2, 0) is 14.8 Å². The molecule has 1 heterocycles. The summed E-state index contributed by atoms with van der Waals surface area (Å²) in [7, 11) is -1.98. The van der Waals surface area contributed by atoms with Gasteiger partial charge in [0.15, 0.2) is 0 Å². The molecular formula is C26H29N3O4S. The second-order valence-electron chi connectivity index (χ2n) is 8.28. The molecule has 0 saturated carbocycles. The second kappa shape index (κ2) is 10.4. The molecule has 7 nitrogen and oxygen atoms in total. The maximum atomic E-state index is 13.4. The van der Waals surface area contributed by atoms with Gasteiger partial charge >= 0.3 is 0 Å². The van der Waals surface area contributed by atoms with Crippen LogP contribution in [0.3, 0.4) is 0 Å². The number of aryl methyl sites for hydroxylation is 1. The average Bonchev–Trinajstić information content (AvgIpc) is 2.86. The van der Waals surface area contributed by atoms with E-state index in [0.717, 1.165) is 11.1 Å². The molecule has 0 aliphatic carbocycles. The minimum Gasteiger partial charge on any atom is -0.497 e. The molecule has 1 fully saturated rings. The molecule has 1 amide bonds. The minimum absolute atomic E-state index is 0.161. The van der Waals surface area contributed by atoms with Crippen molar-refractivity contribution < 1.29 is 17.9 Å². The van der Waals surface area contributed by atoms with Gasteiger partial charge in [-0.15, -0.1) is 0 Å². The average molecular weight is 480 g/mol. The minimum atomic E-state index is -3.57. The summed E-state index contributed by atoms with van der Waals surface area (Å²) in [6.45, 7) is 3.45. The van der Waals surface area contributed by atoms with Crippen molar-refractivity contribution in [2.45, 2.75) is 17.9 Å². The van der Waals surface area contributed by atoms with Crippen LogP contribution in [0, 0.1) is 6.92 Å². The fourth-order valence-corrected chi connectivity index (χ4v) is 5.53. The monoisotopic (exact) mass is 479 g/mol. The number of ether oxygens (including phenoxy) is 1. The number of amides is 1. The van der Waals surface area contributed by atoms with Crippen LogP contribution in [0.2, 0.25) is 0 Å². The van der Waals surface area contributed by atoms with E-state index in [0.29, 0.717) is 42.5 Å². The highest BCUT2D eigenvalue weighted by Gasteiger charge is 2.34. The fourth-order valence-electron chi connectivity index (χ4n) is 4.11. The van der Waals surface area contributed by atoms with Crippen LogP contribution in [0.25, 0.3) is 0 Å². The Labute approximate surface area is 201 Å². The summed E-state index contributed by atoms with van der Waals surface area (Å²) >= 11 is 0. The first-order valence-electron chi connectivity index (χ1n) is 11.2. The van der Waals surface area contributed by atoms with Crippen molar-refractivity contribution >= 4 is 21.6 Å². The molecule has 0 radical (unpaired) electrons. The van der Waals surface area contributed by atoms with Gasteiger partial charge in [0.1, 0.15) is 11.8 Å². The zero-order valence-electron chi connectivity index (χ0n) is 19.3. The Morgan fingerprint density at radius 1 is 0.882 bits per heavy atom. The van der Waals surface area contributed by atoms with Gasteiger partial charge in [0.05, 0.1) is 12.0 Å². The van der Waals surface area contributed by atoms with Crippen LogP contribution < -0.4 is 10.1 Å². The van der Waals surface area contributed by atoms with Crippen molar-refractivity contribution in [2.24, 2.45) is 0 Å². The van der Waals surface area contributed by atoms with Gasteiger partial charge in [-0.3, -0.25) is 9.69 Å². The van der Waals surface area contributed by atoms with E-state index in [-0.39, 0.29) is 5.91 Å². The van der Waals surface area contributed by atoms with E-state index >= 15 is 0 Å². The number of anilines is 1. The molecule has 4 rings (SSSR count). The van der Waals surface area contributed by atoms with Crippen LogP contribution in [-0.4, -0.2) is 56.8 Å². The Hall–Kier alpha value is -3.20. The van der Waals surface area contributed by atoms with Crippen LogP contribution in [0.5, 0.6) is 5.75 Å². The molecule has 34 heavy (non-hydrogen) atoms. The smallest absolute Gasteiger partial charge is 0.246 e. The van der Waals surface area contributed by atoms with Crippen molar-refractivity contribution in [1.29, 1.82) is 0 Å². The topological polar surface area (TPSA) is 79.0 Å². The van der Waals surface area contributed by atoms with Crippen molar-refractivity contribution in [1.82, 2.24) is 9.21 Å². The molecule has 1 unspecified atom stereocenters. The van der Waals surface area contributed by atoms with Crippen LogP contribution in [0.15, 0.2) is 83.8 Å². The molecule has 8 heteroatoms. The molecule has 1 saturated heterocycles. The summed E-state index contributed by atoms with van der Waals surface area (Å²) in [5.74, 6) is 0.551. The lowest BCUT2D eigenvalue weighted by Gasteiger charge is -2.38. The lowest BCUT2D eigenvalue weighted by atomic mass is 10.0. The molecule has 1 atom stereocenters. The van der Waals surface area contributed by atoms with E-state index in [9.17, 15) is 13.2 Å². The molecule has 1 aliphatic heterocycles. The Morgan fingerprint density at radius 3 is 2.09 bits per heavy atom. The molecule has 0 spiro atoms. The Bertz CT molecular complexity index is 1210. The summed E-state index contributed by atoms with van der Waals surface area (Å²) in [6.07, 6.45) is 0. The Balaban J connectivity index is 1.50. The molecule has 3 aromatic carbocycles. The first-order chi connectivity index (χ1) is 16.4. The number of hydrogen-bond acceptors (Lipinski definition) is 5. The quantitative estimate of drug-likeness (QED) is 0.559. The molecule has 178 valence electrons. The van der Waals surface area contributed by atoms with E-state index < -0.39 is 16.1 Å². The number of hydrogen-bond donors (Lipinski definition) is 1.